The van der Waals surface area contributed by atoms with Crippen molar-refractivity contribution in [3.05, 3.63) is 0 Å². The molecule has 0 spiro atoms. The monoisotopic (exact) mass is 756 g/mol. The summed E-state index contributed by atoms with van der Waals surface area (Å²) in [6.45, 7) is 6.23. The van der Waals surface area contributed by atoms with Crippen LogP contribution in [0.5, 0.6) is 0 Å². The summed E-state index contributed by atoms with van der Waals surface area (Å²) in [7, 11) is 3.68. The zero-order valence-electron chi connectivity index (χ0n) is 34.2. The van der Waals surface area contributed by atoms with Crippen LogP contribution in [0.1, 0.15) is 187 Å². The standard InChI is InChI=1S/C42H77NO10/c1-5-7-9-11-15-21-27-38(44)49-33-23-17-13-18-25-35-51-40(46)30-29-37(53-41(47)31-32-43(3)4)42(48)52-36-26-20-14-19-24-34-50-39(45)28-22-16-12-10-8-6-2/h37H,5-36H2,1-4H3. The highest BCUT2D eigenvalue weighted by Crippen LogP contribution is 2.13. The Morgan fingerprint density at radius 1 is 0.415 bits per heavy atom. The van der Waals surface area contributed by atoms with Crippen LogP contribution in [-0.2, 0) is 47.7 Å². The van der Waals surface area contributed by atoms with Crippen LogP contribution in [0.2, 0.25) is 0 Å². The van der Waals surface area contributed by atoms with E-state index in [-0.39, 0.29) is 44.4 Å². The van der Waals surface area contributed by atoms with Gasteiger partial charge in [-0.25, -0.2) is 4.79 Å². The topological polar surface area (TPSA) is 135 Å². The molecule has 0 fully saturated rings. The van der Waals surface area contributed by atoms with Crippen molar-refractivity contribution in [1.82, 2.24) is 4.90 Å². The minimum Gasteiger partial charge on any atom is -0.466 e. The zero-order chi connectivity index (χ0) is 39.2. The predicted molar refractivity (Wildman–Crippen MR) is 208 cm³/mol. The molecule has 0 aliphatic carbocycles. The van der Waals surface area contributed by atoms with Gasteiger partial charge >= 0.3 is 29.8 Å². The zero-order valence-corrected chi connectivity index (χ0v) is 34.2. The van der Waals surface area contributed by atoms with Gasteiger partial charge < -0.3 is 28.6 Å². The number of hydrogen-bond acceptors (Lipinski definition) is 11. The third kappa shape index (κ3) is 36.1. The van der Waals surface area contributed by atoms with E-state index in [1.807, 2.05) is 19.0 Å². The van der Waals surface area contributed by atoms with E-state index in [0.29, 0.717) is 39.0 Å². The van der Waals surface area contributed by atoms with E-state index in [9.17, 15) is 24.0 Å². The van der Waals surface area contributed by atoms with E-state index >= 15 is 0 Å². The second-order valence-electron chi connectivity index (χ2n) is 14.5. The summed E-state index contributed by atoms with van der Waals surface area (Å²) in [5.74, 6) is -1.84. The fourth-order valence-electron chi connectivity index (χ4n) is 5.61. The Labute approximate surface area is 322 Å². The number of unbranched alkanes of at least 4 members (excludes halogenated alkanes) is 18. The van der Waals surface area contributed by atoms with Crippen molar-refractivity contribution in [3.8, 4) is 0 Å². The highest BCUT2D eigenvalue weighted by atomic mass is 16.6. The quantitative estimate of drug-likeness (QED) is 0.0339. The number of hydrogen-bond donors (Lipinski definition) is 0. The lowest BCUT2D eigenvalue weighted by atomic mass is 10.1. The van der Waals surface area contributed by atoms with Crippen molar-refractivity contribution < 1.29 is 47.7 Å². The molecule has 0 N–H and O–H groups in total. The first-order chi connectivity index (χ1) is 25.7. The number of carbonyl (C=O) groups excluding carboxylic acids is 5. The average Bonchev–Trinajstić information content (AvgIpc) is 3.13. The van der Waals surface area contributed by atoms with Crippen molar-refractivity contribution in [2.75, 3.05) is 47.1 Å². The summed E-state index contributed by atoms with van der Waals surface area (Å²) in [6.07, 6.45) is 22.1. The van der Waals surface area contributed by atoms with Crippen LogP contribution < -0.4 is 0 Å². The Bertz CT molecular complexity index is 926. The molecule has 0 aromatic carbocycles. The molecular weight excluding hydrogens is 678 g/mol. The first-order valence-corrected chi connectivity index (χ1v) is 21.2. The van der Waals surface area contributed by atoms with E-state index in [4.69, 9.17) is 23.7 Å². The second kappa shape index (κ2) is 37.6. The van der Waals surface area contributed by atoms with Crippen molar-refractivity contribution in [2.24, 2.45) is 0 Å². The van der Waals surface area contributed by atoms with Crippen molar-refractivity contribution in [2.45, 2.75) is 193 Å². The minimum atomic E-state index is -1.16. The molecule has 0 radical (unpaired) electrons. The maximum absolute atomic E-state index is 12.8. The molecule has 0 heterocycles. The summed E-state index contributed by atoms with van der Waals surface area (Å²) in [5, 5.41) is 0. The number of esters is 5. The average molecular weight is 756 g/mol. The second-order valence-corrected chi connectivity index (χ2v) is 14.5. The molecule has 0 saturated heterocycles. The van der Waals surface area contributed by atoms with E-state index in [2.05, 4.69) is 13.8 Å². The summed E-state index contributed by atoms with van der Waals surface area (Å²) in [4.78, 5) is 63.1. The third-order valence-electron chi connectivity index (χ3n) is 8.99. The summed E-state index contributed by atoms with van der Waals surface area (Å²) in [6, 6.07) is 0. The molecule has 53 heavy (non-hydrogen) atoms. The molecule has 0 aromatic rings. The molecule has 0 saturated carbocycles. The smallest absolute Gasteiger partial charge is 0.347 e. The van der Waals surface area contributed by atoms with Crippen LogP contribution in [-0.4, -0.2) is 87.9 Å². The van der Waals surface area contributed by atoms with Crippen LogP contribution in [0.15, 0.2) is 0 Å². The van der Waals surface area contributed by atoms with Gasteiger partial charge in [0.25, 0.3) is 0 Å². The number of rotatable bonds is 38. The fraction of sp³-hybridized carbons (Fsp3) is 0.881. The normalized spacial score (nSPS) is 11.6. The number of carbonyl (C=O) groups is 5. The lowest BCUT2D eigenvalue weighted by Gasteiger charge is -2.17. The van der Waals surface area contributed by atoms with Crippen LogP contribution >= 0.6 is 0 Å². The van der Waals surface area contributed by atoms with E-state index < -0.39 is 24.0 Å². The Morgan fingerprint density at radius 3 is 1.19 bits per heavy atom. The van der Waals surface area contributed by atoms with Crippen LogP contribution in [0.25, 0.3) is 0 Å². The molecule has 11 heteroatoms. The van der Waals surface area contributed by atoms with Gasteiger partial charge in [-0.2, -0.15) is 0 Å². The van der Waals surface area contributed by atoms with Gasteiger partial charge in [0, 0.05) is 32.2 Å². The molecule has 0 aliphatic rings. The number of nitrogens with zero attached hydrogens (tertiary/aromatic N) is 1. The van der Waals surface area contributed by atoms with E-state index in [0.717, 1.165) is 83.5 Å². The Balaban J connectivity index is 4.13. The molecule has 1 unspecified atom stereocenters. The minimum absolute atomic E-state index is 0.000521. The van der Waals surface area contributed by atoms with Crippen molar-refractivity contribution in [1.29, 1.82) is 0 Å². The molecule has 0 rings (SSSR count). The summed E-state index contributed by atoms with van der Waals surface area (Å²) in [5.41, 5.74) is 0. The molecule has 310 valence electrons. The van der Waals surface area contributed by atoms with Gasteiger partial charge in [-0.3, -0.25) is 19.2 Å². The van der Waals surface area contributed by atoms with Gasteiger partial charge in [-0.1, -0.05) is 117 Å². The highest BCUT2D eigenvalue weighted by Gasteiger charge is 2.26. The Kier molecular flexibility index (Phi) is 35.7. The first kappa shape index (κ1) is 50.3. The largest absolute Gasteiger partial charge is 0.466 e. The molecule has 0 aliphatic heterocycles. The maximum Gasteiger partial charge on any atom is 0.347 e. The van der Waals surface area contributed by atoms with E-state index in [1.165, 1.54) is 51.4 Å². The van der Waals surface area contributed by atoms with Crippen molar-refractivity contribution in [3.63, 3.8) is 0 Å². The molecule has 0 amide bonds. The van der Waals surface area contributed by atoms with Gasteiger partial charge in [-0.15, -0.1) is 0 Å². The molecule has 0 aromatic heterocycles. The first-order valence-electron chi connectivity index (χ1n) is 21.2. The van der Waals surface area contributed by atoms with Gasteiger partial charge in [0.1, 0.15) is 0 Å². The van der Waals surface area contributed by atoms with Crippen molar-refractivity contribution >= 4 is 29.8 Å². The predicted octanol–water partition coefficient (Wildman–Crippen LogP) is 9.21. The Morgan fingerprint density at radius 2 is 0.774 bits per heavy atom. The molecule has 11 nitrogen and oxygen atoms in total. The summed E-state index contributed by atoms with van der Waals surface area (Å²) < 4.78 is 26.8. The van der Waals surface area contributed by atoms with Gasteiger partial charge in [0.15, 0.2) is 6.10 Å². The summed E-state index contributed by atoms with van der Waals surface area (Å²) >= 11 is 0. The highest BCUT2D eigenvalue weighted by molar-refractivity contribution is 5.80. The van der Waals surface area contributed by atoms with Crippen LogP contribution in [0.4, 0.5) is 0 Å². The van der Waals surface area contributed by atoms with Gasteiger partial charge in [0.2, 0.25) is 0 Å². The van der Waals surface area contributed by atoms with Gasteiger partial charge in [-0.05, 0) is 52.6 Å². The van der Waals surface area contributed by atoms with Crippen LogP contribution in [0.3, 0.4) is 0 Å². The fourth-order valence-corrected chi connectivity index (χ4v) is 5.61. The Hall–Kier alpha value is -2.69. The lowest BCUT2D eigenvalue weighted by Crippen LogP contribution is -2.31. The van der Waals surface area contributed by atoms with Crippen LogP contribution in [0, 0.1) is 0 Å². The lowest BCUT2D eigenvalue weighted by molar-refractivity contribution is -0.169. The SMILES string of the molecule is CCCCCCCCC(=O)OCCCCCCCOC(=O)CCC(OC(=O)CCN(C)C)C(=O)OCCCCCCCOC(=O)CCCCCCCC. The number of ether oxygens (including phenoxy) is 5. The van der Waals surface area contributed by atoms with E-state index in [1.54, 1.807) is 0 Å². The van der Waals surface area contributed by atoms with Gasteiger partial charge in [0.05, 0.1) is 32.8 Å². The third-order valence-corrected chi connectivity index (χ3v) is 8.99. The molecular formula is C42H77NO10. The molecule has 1 atom stereocenters. The maximum atomic E-state index is 12.8. The molecule has 0 bridgehead atoms.